The first-order chi connectivity index (χ1) is 13.0. The highest BCUT2D eigenvalue weighted by molar-refractivity contribution is 5.56. The lowest BCUT2D eigenvalue weighted by Gasteiger charge is -2.38. The molecule has 2 aliphatic rings. The van der Waals surface area contributed by atoms with E-state index in [0.29, 0.717) is 6.61 Å². The summed E-state index contributed by atoms with van der Waals surface area (Å²) in [6, 6.07) is 15.9. The van der Waals surface area contributed by atoms with Gasteiger partial charge in [0.25, 0.3) is 0 Å². The Morgan fingerprint density at radius 1 is 0.926 bits per heavy atom. The second-order valence-electron chi connectivity index (χ2n) is 7.53. The maximum atomic E-state index is 10.5. The number of ether oxygens (including phenoxy) is 2. The third-order valence-corrected chi connectivity index (χ3v) is 5.00. The topological polar surface area (TPSA) is 45.2 Å². The van der Waals surface area contributed by atoms with Crippen molar-refractivity contribution in [3.8, 4) is 11.5 Å². The molecule has 0 aliphatic carbocycles. The molecule has 1 N–H and O–H groups in total. The van der Waals surface area contributed by atoms with E-state index in [9.17, 15) is 5.11 Å². The van der Waals surface area contributed by atoms with Gasteiger partial charge < -0.3 is 24.4 Å². The number of hydrogen-bond donors (Lipinski definition) is 1. The number of benzene rings is 2. The number of nitrogens with zero attached hydrogens (tertiary/aromatic N) is 2. The summed E-state index contributed by atoms with van der Waals surface area (Å²) in [4.78, 5) is 4.62. The lowest BCUT2D eigenvalue weighted by molar-refractivity contribution is 0.0789. The van der Waals surface area contributed by atoms with Gasteiger partial charge in [0.1, 0.15) is 6.61 Å². The Labute approximate surface area is 160 Å². The molecular formula is C22H26N2O3. The van der Waals surface area contributed by atoms with Crippen molar-refractivity contribution in [1.82, 2.24) is 4.90 Å². The minimum Gasteiger partial charge on any atom is -0.482 e. The SMILES string of the molecule is CC(C)(O)c1ccccc1N1CCN(C=C2COc3ccccc3O2)CC1. The van der Waals surface area contributed by atoms with Crippen LogP contribution < -0.4 is 14.4 Å². The zero-order valence-corrected chi connectivity index (χ0v) is 15.9. The summed E-state index contributed by atoms with van der Waals surface area (Å²) in [5.74, 6) is 2.40. The summed E-state index contributed by atoms with van der Waals surface area (Å²) in [7, 11) is 0. The molecule has 0 unspecified atom stereocenters. The van der Waals surface area contributed by atoms with Crippen molar-refractivity contribution in [3.05, 3.63) is 66.1 Å². The smallest absolute Gasteiger partial charge is 0.169 e. The maximum absolute atomic E-state index is 10.5. The Bertz CT molecular complexity index is 833. The Balaban J connectivity index is 1.42. The molecule has 0 atom stereocenters. The lowest BCUT2D eigenvalue weighted by atomic mass is 9.95. The Kier molecular flexibility index (Phi) is 4.70. The molecule has 0 amide bonds. The van der Waals surface area contributed by atoms with Gasteiger partial charge in [0.05, 0.1) is 5.60 Å². The molecule has 0 spiro atoms. The summed E-state index contributed by atoms with van der Waals surface area (Å²) in [5, 5.41) is 10.5. The molecule has 2 aromatic carbocycles. The first-order valence-corrected chi connectivity index (χ1v) is 9.42. The van der Waals surface area contributed by atoms with Crippen molar-refractivity contribution in [2.24, 2.45) is 0 Å². The standard InChI is InChI=1S/C22H26N2O3/c1-22(2,25)18-7-3-4-8-19(18)24-13-11-23(12-14-24)15-17-16-26-20-9-5-6-10-21(20)27-17/h3-10,15,25H,11-14,16H2,1-2H3. The number of aliphatic hydroxyl groups is 1. The number of para-hydroxylation sites is 3. The van der Waals surface area contributed by atoms with Gasteiger partial charge in [0.2, 0.25) is 0 Å². The van der Waals surface area contributed by atoms with Crippen LogP contribution in [0.2, 0.25) is 0 Å². The van der Waals surface area contributed by atoms with Crippen LogP contribution in [0.1, 0.15) is 19.4 Å². The average molecular weight is 366 g/mol. The molecule has 5 heteroatoms. The molecular weight excluding hydrogens is 340 g/mol. The van der Waals surface area contributed by atoms with Crippen LogP contribution in [0.15, 0.2) is 60.5 Å². The molecule has 5 nitrogen and oxygen atoms in total. The molecule has 4 rings (SSSR count). The van der Waals surface area contributed by atoms with Gasteiger partial charge in [-0.2, -0.15) is 0 Å². The minimum absolute atomic E-state index is 0.457. The van der Waals surface area contributed by atoms with Crippen molar-refractivity contribution < 1.29 is 14.6 Å². The lowest BCUT2D eigenvalue weighted by Crippen LogP contribution is -2.45. The Morgan fingerprint density at radius 3 is 2.33 bits per heavy atom. The predicted octanol–water partition coefficient (Wildman–Crippen LogP) is 3.35. The predicted molar refractivity (Wildman–Crippen MR) is 106 cm³/mol. The summed E-state index contributed by atoms with van der Waals surface area (Å²) in [6.45, 7) is 7.72. The zero-order chi connectivity index (χ0) is 18.9. The third-order valence-electron chi connectivity index (χ3n) is 5.00. The fraction of sp³-hybridized carbons (Fsp3) is 0.364. The largest absolute Gasteiger partial charge is 0.482 e. The van der Waals surface area contributed by atoms with Crippen molar-refractivity contribution in [2.45, 2.75) is 19.4 Å². The van der Waals surface area contributed by atoms with Crippen LogP contribution in [-0.4, -0.2) is 42.8 Å². The maximum Gasteiger partial charge on any atom is 0.169 e. The van der Waals surface area contributed by atoms with E-state index in [1.165, 1.54) is 0 Å². The van der Waals surface area contributed by atoms with Crippen molar-refractivity contribution >= 4 is 5.69 Å². The van der Waals surface area contributed by atoms with Crippen molar-refractivity contribution in [3.63, 3.8) is 0 Å². The van der Waals surface area contributed by atoms with Gasteiger partial charge in [-0.1, -0.05) is 30.3 Å². The Morgan fingerprint density at radius 2 is 1.59 bits per heavy atom. The van der Waals surface area contributed by atoms with E-state index in [0.717, 1.165) is 54.7 Å². The second kappa shape index (κ2) is 7.16. The van der Waals surface area contributed by atoms with E-state index >= 15 is 0 Å². The summed E-state index contributed by atoms with van der Waals surface area (Å²) in [5.41, 5.74) is 1.23. The van der Waals surface area contributed by atoms with Crippen LogP contribution in [-0.2, 0) is 5.60 Å². The normalized spacial score (nSPS) is 18.7. The van der Waals surface area contributed by atoms with E-state index in [2.05, 4.69) is 22.1 Å². The van der Waals surface area contributed by atoms with Gasteiger partial charge in [0, 0.05) is 43.6 Å². The molecule has 1 saturated heterocycles. The van der Waals surface area contributed by atoms with Crippen molar-refractivity contribution in [2.75, 3.05) is 37.7 Å². The number of piperazine rings is 1. The van der Waals surface area contributed by atoms with E-state index < -0.39 is 5.60 Å². The molecule has 142 valence electrons. The van der Waals surface area contributed by atoms with Gasteiger partial charge in [-0.15, -0.1) is 0 Å². The van der Waals surface area contributed by atoms with E-state index in [1.807, 2.05) is 56.3 Å². The number of rotatable bonds is 3. The zero-order valence-electron chi connectivity index (χ0n) is 15.9. The van der Waals surface area contributed by atoms with Crippen LogP contribution in [0.3, 0.4) is 0 Å². The first kappa shape index (κ1) is 17.7. The van der Waals surface area contributed by atoms with E-state index in [-0.39, 0.29) is 0 Å². The number of anilines is 1. The van der Waals surface area contributed by atoms with Gasteiger partial charge in [-0.3, -0.25) is 0 Å². The van der Waals surface area contributed by atoms with Gasteiger partial charge in [0.15, 0.2) is 17.3 Å². The Hall–Kier alpha value is -2.66. The average Bonchev–Trinajstić information content (AvgIpc) is 2.68. The fourth-order valence-corrected chi connectivity index (χ4v) is 3.60. The molecule has 0 bridgehead atoms. The van der Waals surface area contributed by atoms with E-state index in [1.54, 1.807) is 0 Å². The van der Waals surface area contributed by atoms with Crippen LogP contribution in [0.25, 0.3) is 0 Å². The quantitative estimate of drug-likeness (QED) is 0.903. The molecule has 1 fully saturated rings. The van der Waals surface area contributed by atoms with Crippen molar-refractivity contribution in [1.29, 1.82) is 0 Å². The highest BCUT2D eigenvalue weighted by Gasteiger charge is 2.25. The minimum atomic E-state index is -0.851. The summed E-state index contributed by atoms with van der Waals surface area (Å²) in [6.07, 6.45) is 2.06. The van der Waals surface area contributed by atoms with Crippen LogP contribution in [0, 0.1) is 0 Å². The number of hydrogen-bond acceptors (Lipinski definition) is 5. The fourth-order valence-electron chi connectivity index (χ4n) is 3.60. The highest BCUT2D eigenvalue weighted by atomic mass is 16.6. The summed E-state index contributed by atoms with van der Waals surface area (Å²) >= 11 is 0. The monoisotopic (exact) mass is 366 g/mol. The third kappa shape index (κ3) is 3.88. The molecule has 0 radical (unpaired) electrons. The molecule has 0 aromatic heterocycles. The van der Waals surface area contributed by atoms with Gasteiger partial charge in [-0.25, -0.2) is 0 Å². The highest BCUT2D eigenvalue weighted by Crippen LogP contribution is 2.33. The molecule has 0 saturated carbocycles. The summed E-state index contributed by atoms with van der Waals surface area (Å²) < 4.78 is 11.7. The molecule has 2 heterocycles. The van der Waals surface area contributed by atoms with Crippen LogP contribution in [0.4, 0.5) is 5.69 Å². The molecule has 2 aromatic rings. The molecule has 2 aliphatic heterocycles. The second-order valence-corrected chi connectivity index (χ2v) is 7.53. The van der Waals surface area contributed by atoms with Crippen LogP contribution in [0.5, 0.6) is 11.5 Å². The van der Waals surface area contributed by atoms with Gasteiger partial charge >= 0.3 is 0 Å². The van der Waals surface area contributed by atoms with E-state index in [4.69, 9.17) is 9.47 Å². The first-order valence-electron chi connectivity index (χ1n) is 9.42. The number of fused-ring (bicyclic) bond motifs is 1. The van der Waals surface area contributed by atoms with Gasteiger partial charge in [-0.05, 0) is 32.0 Å². The van der Waals surface area contributed by atoms with Crippen LogP contribution >= 0.6 is 0 Å². The molecule has 27 heavy (non-hydrogen) atoms.